The van der Waals surface area contributed by atoms with Crippen LogP contribution in [-0.2, 0) is 0 Å². The molecule has 7 heteroatoms. The molecule has 0 aliphatic carbocycles. The molecule has 2 heterocycles. The maximum absolute atomic E-state index is 12.1. The predicted molar refractivity (Wildman–Crippen MR) is 93.1 cm³/mol. The molecule has 0 saturated heterocycles. The average molecular weight is 340 g/mol. The molecule has 0 fully saturated rings. The van der Waals surface area contributed by atoms with E-state index in [-0.39, 0.29) is 11.8 Å². The number of aromatic nitrogens is 2. The van der Waals surface area contributed by atoms with Crippen LogP contribution >= 0.6 is 11.3 Å². The van der Waals surface area contributed by atoms with Gasteiger partial charge in [-0.3, -0.25) is 14.6 Å². The van der Waals surface area contributed by atoms with Crippen LogP contribution < -0.4 is 10.6 Å². The minimum atomic E-state index is -0.184. The molecule has 2 aromatic heterocycles. The topological polar surface area (TPSA) is 84.0 Å². The number of hydrogen-bond donors (Lipinski definition) is 2. The Morgan fingerprint density at radius 3 is 2.42 bits per heavy atom. The Bertz CT molecular complexity index is 815. The van der Waals surface area contributed by atoms with Gasteiger partial charge in [-0.25, -0.2) is 4.98 Å². The number of nitrogens with one attached hydrogen (secondary N) is 2. The number of hydrogen-bond acceptors (Lipinski definition) is 5. The molecule has 24 heavy (non-hydrogen) atoms. The Labute approximate surface area is 142 Å². The molecular weight excluding hydrogens is 324 g/mol. The van der Waals surface area contributed by atoms with Gasteiger partial charge in [0.2, 0.25) is 0 Å². The van der Waals surface area contributed by atoms with Crippen LogP contribution in [0.2, 0.25) is 0 Å². The highest BCUT2D eigenvalue weighted by Crippen LogP contribution is 2.21. The number of carbonyl (C=O) groups is 2. The molecular formula is C17H16N4O2S. The van der Waals surface area contributed by atoms with Crippen LogP contribution in [0.25, 0.3) is 10.2 Å². The number of amides is 2. The van der Waals surface area contributed by atoms with E-state index in [9.17, 15) is 9.59 Å². The van der Waals surface area contributed by atoms with Gasteiger partial charge in [-0.05, 0) is 30.7 Å². The van der Waals surface area contributed by atoms with Crippen LogP contribution in [0.4, 0.5) is 0 Å². The largest absolute Gasteiger partial charge is 0.352 e. The van der Waals surface area contributed by atoms with Gasteiger partial charge in [0.15, 0.2) is 5.01 Å². The lowest BCUT2D eigenvalue weighted by Crippen LogP contribution is -2.29. The zero-order chi connectivity index (χ0) is 16.8. The van der Waals surface area contributed by atoms with Crippen LogP contribution in [0.15, 0.2) is 48.8 Å². The summed E-state index contributed by atoms with van der Waals surface area (Å²) in [6, 6.07) is 11.0. The standard InChI is InChI=1S/C17H16N4O2S/c22-15(12-6-10-18-11-7-12)19-8-3-9-20-16(23)17-21-13-4-1-2-5-14(13)24-17/h1-2,4-7,10-11H,3,8-9H2,(H,19,22)(H,20,23). The summed E-state index contributed by atoms with van der Waals surface area (Å²) < 4.78 is 0.993. The number of para-hydroxylation sites is 1. The molecule has 0 bridgehead atoms. The highest BCUT2D eigenvalue weighted by molar-refractivity contribution is 7.20. The molecule has 0 atom stereocenters. The van der Waals surface area contributed by atoms with Gasteiger partial charge in [0.25, 0.3) is 11.8 Å². The lowest BCUT2D eigenvalue weighted by Gasteiger charge is -2.05. The molecule has 0 aliphatic heterocycles. The Morgan fingerprint density at radius 1 is 0.958 bits per heavy atom. The van der Waals surface area contributed by atoms with Crippen LogP contribution in [0.5, 0.6) is 0 Å². The van der Waals surface area contributed by atoms with Crippen molar-refractivity contribution >= 4 is 33.4 Å². The number of pyridine rings is 1. The van der Waals surface area contributed by atoms with E-state index in [1.807, 2.05) is 24.3 Å². The van der Waals surface area contributed by atoms with Gasteiger partial charge in [-0.1, -0.05) is 12.1 Å². The monoisotopic (exact) mass is 340 g/mol. The summed E-state index contributed by atoms with van der Waals surface area (Å²) in [5.74, 6) is -0.327. The summed E-state index contributed by atoms with van der Waals surface area (Å²) in [6.07, 6.45) is 3.80. The third-order valence-electron chi connectivity index (χ3n) is 3.36. The summed E-state index contributed by atoms with van der Waals surface area (Å²) in [7, 11) is 0. The zero-order valence-corrected chi connectivity index (χ0v) is 13.7. The minimum absolute atomic E-state index is 0.144. The molecule has 2 amide bonds. The average Bonchev–Trinajstić information content (AvgIpc) is 3.06. The van der Waals surface area contributed by atoms with Gasteiger partial charge >= 0.3 is 0 Å². The van der Waals surface area contributed by atoms with E-state index in [1.54, 1.807) is 24.5 Å². The normalized spacial score (nSPS) is 10.5. The maximum Gasteiger partial charge on any atom is 0.280 e. The second kappa shape index (κ2) is 7.65. The van der Waals surface area contributed by atoms with Crippen molar-refractivity contribution in [1.29, 1.82) is 0 Å². The van der Waals surface area contributed by atoms with Gasteiger partial charge in [0.05, 0.1) is 10.2 Å². The maximum atomic E-state index is 12.1. The molecule has 6 nitrogen and oxygen atoms in total. The van der Waals surface area contributed by atoms with Crippen LogP contribution in [0.1, 0.15) is 26.6 Å². The first-order chi connectivity index (χ1) is 11.7. The van der Waals surface area contributed by atoms with Crippen molar-refractivity contribution in [2.45, 2.75) is 6.42 Å². The van der Waals surface area contributed by atoms with Gasteiger partial charge < -0.3 is 10.6 Å². The Kier molecular flexibility index (Phi) is 5.12. The van der Waals surface area contributed by atoms with Crippen molar-refractivity contribution in [3.63, 3.8) is 0 Å². The van der Waals surface area contributed by atoms with Crippen molar-refractivity contribution in [3.8, 4) is 0 Å². The predicted octanol–water partition coefficient (Wildman–Crippen LogP) is 2.24. The SMILES string of the molecule is O=C(NCCCNC(=O)c1nc2ccccc2s1)c1ccncc1. The smallest absolute Gasteiger partial charge is 0.280 e. The number of benzene rings is 1. The van der Waals surface area contributed by atoms with Crippen LogP contribution in [-0.4, -0.2) is 34.9 Å². The molecule has 0 radical (unpaired) electrons. The van der Waals surface area contributed by atoms with Crippen molar-refractivity contribution in [1.82, 2.24) is 20.6 Å². The minimum Gasteiger partial charge on any atom is -0.352 e. The lowest BCUT2D eigenvalue weighted by molar-refractivity contribution is 0.0951. The van der Waals surface area contributed by atoms with Crippen LogP contribution in [0, 0.1) is 0 Å². The number of carbonyl (C=O) groups excluding carboxylic acids is 2. The molecule has 3 rings (SSSR count). The fourth-order valence-corrected chi connectivity index (χ4v) is 3.02. The van der Waals surface area contributed by atoms with E-state index in [2.05, 4.69) is 20.6 Å². The van der Waals surface area contributed by atoms with E-state index < -0.39 is 0 Å². The third-order valence-corrected chi connectivity index (χ3v) is 4.39. The molecule has 0 spiro atoms. The molecule has 122 valence electrons. The molecule has 3 aromatic rings. The first-order valence-electron chi connectivity index (χ1n) is 7.56. The molecule has 0 saturated carbocycles. The van der Waals surface area contributed by atoms with E-state index >= 15 is 0 Å². The van der Waals surface area contributed by atoms with E-state index in [4.69, 9.17) is 0 Å². The molecule has 0 aliphatic rings. The lowest BCUT2D eigenvalue weighted by atomic mass is 10.2. The number of nitrogens with zero attached hydrogens (tertiary/aromatic N) is 2. The van der Waals surface area contributed by atoms with Gasteiger partial charge in [-0.2, -0.15) is 0 Å². The summed E-state index contributed by atoms with van der Waals surface area (Å²) in [5, 5.41) is 6.08. The van der Waals surface area contributed by atoms with Crippen LogP contribution in [0.3, 0.4) is 0 Å². The van der Waals surface area contributed by atoms with E-state index in [0.717, 1.165) is 10.2 Å². The van der Waals surface area contributed by atoms with Crippen molar-refractivity contribution in [3.05, 3.63) is 59.4 Å². The summed E-state index contributed by atoms with van der Waals surface area (Å²) in [6.45, 7) is 0.965. The first-order valence-corrected chi connectivity index (χ1v) is 8.38. The van der Waals surface area contributed by atoms with E-state index in [1.165, 1.54) is 11.3 Å². The van der Waals surface area contributed by atoms with Gasteiger partial charge in [-0.15, -0.1) is 11.3 Å². The Hall–Kier alpha value is -2.80. The van der Waals surface area contributed by atoms with Crippen molar-refractivity contribution < 1.29 is 9.59 Å². The zero-order valence-electron chi connectivity index (χ0n) is 12.9. The Morgan fingerprint density at radius 2 is 1.67 bits per heavy atom. The van der Waals surface area contributed by atoms with Crippen molar-refractivity contribution in [2.75, 3.05) is 13.1 Å². The van der Waals surface area contributed by atoms with Gasteiger partial charge in [0, 0.05) is 31.0 Å². The fourth-order valence-electron chi connectivity index (χ4n) is 2.14. The quantitative estimate of drug-likeness (QED) is 0.674. The summed E-state index contributed by atoms with van der Waals surface area (Å²) in [5.41, 5.74) is 1.40. The summed E-state index contributed by atoms with van der Waals surface area (Å²) >= 11 is 1.37. The number of fused-ring (bicyclic) bond motifs is 1. The summed E-state index contributed by atoms with van der Waals surface area (Å²) in [4.78, 5) is 32.1. The highest BCUT2D eigenvalue weighted by Gasteiger charge is 2.11. The first kappa shape index (κ1) is 16.1. The molecule has 1 aromatic carbocycles. The van der Waals surface area contributed by atoms with Crippen molar-refractivity contribution in [2.24, 2.45) is 0 Å². The molecule has 2 N–H and O–H groups in total. The van der Waals surface area contributed by atoms with Gasteiger partial charge in [0.1, 0.15) is 0 Å². The second-order valence-electron chi connectivity index (χ2n) is 5.09. The number of rotatable bonds is 6. The highest BCUT2D eigenvalue weighted by atomic mass is 32.1. The molecule has 0 unspecified atom stereocenters. The fraction of sp³-hybridized carbons (Fsp3) is 0.176. The third kappa shape index (κ3) is 3.94. The second-order valence-corrected chi connectivity index (χ2v) is 6.12. The Balaban J connectivity index is 1.41. The number of thiazole rings is 1. The van der Waals surface area contributed by atoms with E-state index in [0.29, 0.717) is 30.1 Å².